The molecule has 0 aliphatic carbocycles. The molecule has 1 unspecified atom stereocenters. The zero-order valence-electron chi connectivity index (χ0n) is 21.2. The van der Waals surface area contributed by atoms with Gasteiger partial charge in [0.15, 0.2) is 11.6 Å². The first kappa shape index (κ1) is 25.4. The first-order chi connectivity index (χ1) is 17.9. The van der Waals surface area contributed by atoms with Crippen molar-refractivity contribution in [3.63, 3.8) is 0 Å². The number of amides is 3. The summed E-state index contributed by atoms with van der Waals surface area (Å²) in [5, 5.41) is 2.31. The average molecular weight is 508 g/mol. The van der Waals surface area contributed by atoms with Gasteiger partial charge in [-0.05, 0) is 74.2 Å². The third-order valence-corrected chi connectivity index (χ3v) is 7.87. The zero-order valence-corrected chi connectivity index (χ0v) is 21.2. The monoisotopic (exact) mass is 507 g/mol. The van der Waals surface area contributed by atoms with Gasteiger partial charge in [0.1, 0.15) is 6.10 Å². The van der Waals surface area contributed by atoms with Crippen LogP contribution in [-0.2, 0) is 9.59 Å². The fourth-order valence-corrected chi connectivity index (χ4v) is 5.72. The van der Waals surface area contributed by atoms with Crippen molar-refractivity contribution in [3.05, 3.63) is 65.0 Å². The molecule has 2 aromatic rings. The number of ether oxygens (including phenoxy) is 1. The third-order valence-electron chi connectivity index (χ3n) is 7.87. The Bertz CT molecular complexity index is 1160. The number of halogens is 1. The lowest BCUT2D eigenvalue weighted by Gasteiger charge is -2.32. The number of nitrogens with one attached hydrogen (secondary N) is 1. The molecule has 2 aromatic carbocycles. The van der Waals surface area contributed by atoms with E-state index in [4.69, 9.17) is 4.74 Å². The van der Waals surface area contributed by atoms with Gasteiger partial charge in [-0.15, -0.1) is 0 Å². The number of carbonyl (C=O) groups is 3. The minimum Gasteiger partial charge on any atom is -0.487 e. The second-order valence-electron chi connectivity index (χ2n) is 10.5. The van der Waals surface area contributed by atoms with Crippen LogP contribution in [0.15, 0.2) is 42.5 Å². The minimum absolute atomic E-state index is 0.0190. The number of imide groups is 1. The summed E-state index contributed by atoms with van der Waals surface area (Å²) in [5.41, 5.74) is 2.53. The van der Waals surface area contributed by atoms with E-state index in [1.54, 1.807) is 12.1 Å². The topological polar surface area (TPSA) is 79.0 Å². The average Bonchev–Trinajstić information content (AvgIpc) is 2.90. The Morgan fingerprint density at radius 2 is 1.70 bits per heavy atom. The van der Waals surface area contributed by atoms with Crippen LogP contribution in [0, 0.1) is 5.82 Å². The maximum atomic E-state index is 14.8. The van der Waals surface area contributed by atoms with Crippen molar-refractivity contribution in [2.75, 3.05) is 33.2 Å². The van der Waals surface area contributed by atoms with Crippen LogP contribution in [-0.4, -0.2) is 66.9 Å². The summed E-state index contributed by atoms with van der Waals surface area (Å²) >= 11 is 0. The van der Waals surface area contributed by atoms with Crippen LogP contribution in [0.3, 0.4) is 0 Å². The van der Waals surface area contributed by atoms with E-state index in [1.807, 2.05) is 17.0 Å². The van der Waals surface area contributed by atoms with Gasteiger partial charge in [-0.25, -0.2) is 4.39 Å². The maximum absolute atomic E-state index is 14.8. The number of benzene rings is 2. The molecule has 5 rings (SSSR count). The third kappa shape index (κ3) is 5.85. The molecule has 2 atom stereocenters. The van der Waals surface area contributed by atoms with E-state index >= 15 is 0 Å². The summed E-state index contributed by atoms with van der Waals surface area (Å²) in [4.78, 5) is 40.7. The van der Waals surface area contributed by atoms with Crippen LogP contribution < -0.4 is 10.1 Å². The van der Waals surface area contributed by atoms with Crippen molar-refractivity contribution in [2.24, 2.45) is 0 Å². The van der Waals surface area contributed by atoms with E-state index in [0.29, 0.717) is 49.4 Å². The first-order valence-corrected chi connectivity index (χ1v) is 13.2. The minimum atomic E-state index is -0.534. The van der Waals surface area contributed by atoms with E-state index in [9.17, 15) is 18.8 Å². The van der Waals surface area contributed by atoms with E-state index in [0.717, 1.165) is 13.1 Å². The summed E-state index contributed by atoms with van der Waals surface area (Å²) in [7, 11) is 2.16. The number of hydrogen-bond acceptors (Lipinski definition) is 5. The summed E-state index contributed by atoms with van der Waals surface area (Å²) in [6.07, 6.45) is 4.05. The molecule has 3 amide bonds. The molecule has 3 aliphatic rings. The van der Waals surface area contributed by atoms with Crippen LogP contribution in [0.5, 0.6) is 5.75 Å². The van der Waals surface area contributed by atoms with Crippen LogP contribution in [0.4, 0.5) is 4.39 Å². The number of likely N-dealkylation sites (tertiary alicyclic amines) is 2. The molecule has 8 heteroatoms. The predicted octanol–water partition coefficient (Wildman–Crippen LogP) is 3.84. The molecule has 0 radical (unpaired) electrons. The Labute approximate surface area is 217 Å². The summed E-state index contributed by atoms with van der Waals surface area (Å²) in [5.74, 6) is -1.06. The zero-order chi connectivity index (χ0) is 25.9. The van der Waals surface area contributed by atoms with E-state index < -0.39 is 17.6 Å². The SMILES string of the molecule is CN1CCC[C@@H](c2ccc(C(=O)N3CCC(Oc4ccc(C5CCC(=O)NC5=O)cc4F)CC3)cc2)C1. The molecule has 0 spiro atoms. The largest absolute Gasteiger partial charge is 0.487 e. The lowest BCUT2D eigenvalue weighted by molar-refractivity contribution is -0.134. The van der Waals surface area contributed by atoms with Gasteiger partial charge in [-0.2, -0.15) is 0 Å². The summed E-state index contributed by atoms with van der Waals surface area (Å²) < 4.78 is 20.7. The van der Waals surface area contributed by atoms with Crippen molar-refractivity contribution in [1.82, 2.24) is 15.1 Å². The van der Waals surface area contributed by atoms with Gasteiger partial charge >= 0.3 is 0 Å². The van der Waals surface area contributed by atoms with E-state index in [1.165, 1.54) is 24.5 Å². The molecule has 3 saturated heterocycles. The van der Waals surface area contributed by atoms with Crippen molar-refractivity contribution in [1.29, 1.82) is 0 Å². The van der Waals surface area contributed by atoms with Gasteiger partial charge in [0.25, 0.3) is 5.91 Å². The summed E-state index contributed by atoms with van der Waals surface area (Å²) in [6, 6.07) is 12.6. The van der Waals surface area contributed by atoms with Crippen LogP contribution in [0.1, 0.15) is 71.8 Å². The lowest BCUT2D eigenvalue weighted by atomic mass is 9.90. The van der Waals surface area contributed by atoms with Gasteiger partial charge in [0.2, 0.25) is 11.8 Å². The molecule has 196 valence electrons. The smallest absolute Gasteiger partial charge is 0.253 e. The predicted molar refractivity (Wildman–Crippen MR) is 137 cm³/mol. The molecule has 0 bridgehead atoms. The molecule has 7 nitrogen and oxygen atoms in total. The molecule has 3 aliphatic heterocycles. The second kappa shape index (κ2) is 11.0. The summed E-state index contributed by atoms with van der Waals surface area (Å²) in [6.45, 7) is 3.30. The van der Waals surface area contributed by atoms with Crippen molar-refractivity contribution < 1.29 is 23.5 Å². The Kier molecular flexibility index (Phi) is 7.55. The molecule has 0 saturated carbocycles. The number of hydrogen-bond donors (Lipinski definition) is 1. The normalized spacial score (nSPS) is 23.6. The first-order valence-electron chi connectivity index (χ1n) is 13.2. The van der Waals surface area contributed by atoms with Crippen molar-refractivity contribution >= 4 is 17.7 Å². The van der Waals surface area contributed by atoms with Crippen LogP contribution in [0.2, 0.25) is 0 Å². The fourth-order valence-electron chi connectivity index (χ4n) is 5.72. The van der Waals surface area contributed by atoms with Gasteiger partial charge in [-0.3, -0.25) is 19.7 Å². The van der Waals surface area contributed by atoms with Gasteiger partial charge in [-0.1, -0.05) is 18.2 Å². The Morgan fingerprint density at radius 3 is 2.38 bits per heavy atom. The number of carbonyl (C=O) groups excluding carboxylic acids is 3. The molecular weight excluding hydrogens is 473 g/mol. The van der Waals surface area contributed by atoms with E-state index in [2.05, 4.69) is 29.4 Å². The number of piperidine rings is 3. The highest BCUT2D eigenvalue weighted by Gasteiger charge is 2.30. The quantitative estimate of drug-likeness (QED) is 0.623. The Balaban J connectivity index is 1.14. The molecule has 0 aromatic heterocycles. The highest BCUT2D eigenvalue weighted by atomic mass is 19.1. The molecule has 3 fully saturated rings. The van der Waals surface area contributed by atoms with Gasteiger partial charge in [0.05, 0.1) is 5.92 Å². The molecule has 1 N–H and O–H groups in total. The lowest BCUT2D eigenvalue weighted by Crippen LogP contribution is -2.41. The van der Waals surface area contributed by atoms with Gasteiger partial charge in [0, 0.05) is 44.5 Å². The molecular formula is C29H34FN3O4. The highest BCUT2D eigenvalue weighted by Crippen LogP contribution is 2.30. The standard InChI is InChI=1S/C29H34FN3O4/c1-32-14-2-3-22(18-32)19-4-6-20(7-5-19)29(36)33-15-12-23(13-16-33)37-26-10-8-21(17-25(26)30)24-9-11-27(34)31-28(24)35/h4-8,10,17,22-24H,2-3,9,11-16,18H2,1H3,(H,31,34,35)/t22-,24?/m1/s1. The fraction of sp³-hybridized carbons (Fsp3) is 0.483. The van der Waals surface area contributed by atoms with Crippen molar-refractivity contribution in [3.8, 4) is 5.75 Å². The maximum Gasteiger partial charge on any atom is 0.253 e. The molecule has 3 heterocycles. The second-order valence-corrected chi connectivity index (χ2v) is 10.5. The molecule has 37 heavy (non-hydrogen) atoms. The Hall–Kier alpha value is -3.26. The van der Waals surface area contributed by atoms with Crippen molar-refractivity contribution in [2.45, 2.75) is 56.5 Å². The van der Waals surface area contributed by atoms with Crippen LogP contribution in [0.25, 0.3) is 0 Å². The van der Waals surface area contributed by atoms with E-state index in [-0.39, 0.29) is 30.1 Å². The number of likely N-dealkylation sites (N-methyl/N-ethyl adjacent to an activating group) is 1. The number of rotatable bonds is 5. The number of nitrogens with zero attached hydrogens (tertiary/aromatic N) is 2. The Morgan fingerprint density at radius 1 is 0.973 bits per heavy atom. The van der Waals surface area contributed by atoms with Crippen LogP contribution >= 0.6 is 0 Å². The van der Waals surface area contributed by atoms with Gasteiger partial charge < -0.3 is 14.5 Å². The highest BCUT2D eigenvalue weighted by molar-refractivity contribution is 6.01.